The maximum Gasteiger partial charge on any atom is 0.0575 e. The van der Waals surface area contributed by atoms with Gasteiger partial charge in [0.15, 0.2) is 0 Å². The molecule has 4 heteroatoms. The van der Waals surface area contributed by atoms with Gasteiger partial charge in [-0.25, -0.2) is 0 Å². The Morgan fingerprint density at radius 2 is 0.957 bits per heavy atom. The molecule has 4 fully saturated rings. The second kappa shape index (κ2) is 29.6. The Labute approximate surface area is 298 Å². The highest BCUT2D eigenvalue weighted by Gasteiger charge is 2.21. The quantitative estimate of drug-likeness (QED) is 0.163. The molecule has 0 radical (unpaired) electrons. The van der Waals surface area contributed by atoms with Gasteiger partial charge in [0.2, 0.25) is 0 Å². The first-order valence-electron chi connectivity index (χ1n) is 20.7. The summed E-state index contributed by atoms with van der Waals surface area (Å²) in [5, 5.41) is 0. The number of nitrogens with zero attached hydrogens (tertiary/aromatic N) is 3. The van der Waals surface area contributed by atoms with E-state index >= 15 is 0 Å². The van der Waals surface area contributed by atoms with Gasteiger partial charge < -0.3 is 19.4 Å². The Morgan fingerprint density at radius 1 is 0.532 bits per heavy atom. The van der Waals surface area contributed by atoms with Gasteiger partial charge in [0, 0.05) is 18.7 Å². The second-order valence-electron chi connectivity index (χ2n) is 17.2. The van der Waals surface area contributed by atoms with Gasteiger partial charge in [0.1, 0.15) is 0 Å². The third-order valence-corrected chi connectivity index (χ3v) is 10.8. The molecule has 0 atom stereocenters. The van der Waals surface area contributed by atoms with Crippen molar-refractivity contribution in [3.8, 4) is 0 Å². The predicted octanol–water partition coefficient (Wildman–Crippen LogP) is 12.0. The van der Waals surface area contributed by atoms with Crippen LogP contribution in [0, 0.1) is 23.7 Å². The van der Waals surface area contributed by atoms with E-state index in [4.69, 9.17) is 4.74 Å². The molecule has 1 heterocycles. The second-order valence-corrected chi connectivity index (χ2v) is 17.2. The number of hydrogen-bond acceptors (Lipinski definition) is 4. The molecule has 0 spiro atoms. The highest BCUT2D eigenvalue weighted by Crippen LogP contribution is 2.24. The van der Waals surface area contributed by atoms with Crippen molar-refractivity contribution in [1.82, 2.24) is 14.7 Å². The summed E-state index contributed by atoms with van der Waals surface area (Å²) in [6.07, 6.45) is 27.3. The molecular formula is C43H91N3O. The number of piperidine rings is 1. The summed E-state index contributed by atoms with van der Waals surface area (Å²) in [6, 6.07) is 1.82. The third kappa shape index (κ3) is 26.3. The Morgan fingerprint density at radius 3 is 1.34 bits per heavy atom. The van der Waals surface area contributed by atoms with E-state index in [1.165, 1.54) is 155 Å². The lowest BCUT2D eigenvalue weighted by Crippen LogP contribution is -2.37. The van der Waals surface area contributed by atoms with Crippen LogP contribution in [-0.2, 0) is 4.74 Å². The predicted molar refractivity (Wildman–Crippen MR) is 213 cm³/mol. The summed E-state index contributed by atoms with van der Waals surface area (Å²) >= 11 is 0. The fraction of sp³-hybridized carbons (Fsp3) is 1.00. The highest BCUT2D eigenvalue weighted by atomic mass is 16.5. The highest BCUT2D eigenvalue weighted by molar-refractivity contribution is 4.78. The van der Waals surface area contributed by atoms with E-state index in [-0.39, 0.29) is 7.43 Å². The zero-order valence-electron chi connectivity index (χ0n) is 33.5. The zero-order chi connectivity index (χ0) is 34.2. The summed E-state index contributed by atoms with van der Waals surface area (Å²) in [5.74, 6) is 3.39. The van der Waals surface area contributed by atoms with Crippen LogP contribution < -0.4 is 0 Å². The van der Waals surface area contributed by atoms with Crippen LogP contribution in [0.2, 0.25) is 0 Å². The van der Waals surface area contributed by atoms with Crippen LogP contribution in [0.4, 0.5) is 0 Å². The molecule has 0 N–H and O–H groups in total. The minimum Gasteiger partial charge on any atom is -0.378 e. The van der Waals surface area contributed by atoms with Crippen molar-refractivity contribution < 1.29 is 4.74 Å². The van der Waals surface area contributed by atoms with Gasteiger partial charge in [-0.05, 0) is 160 Å². The van der Waals surface area contributed by atoms with Crippen molar-refractivity contribution in [2.75, 3.05) is 53.4 Å². The van der Waals surface area contributed by atoms with Crippen molar-refractivity contribution >= 4 is 0 Å². The summed E-state index contributed by atoms with van der Waals surface area (Å²) in [4.78, 5) is 7.74. The van der Waals surface area contributed by atoms with Crippen LogP contribution in [0.5, 0.6) is 0 Å². The van der Waals surface area contributed by atoms with Crippen molar-refractivity contribution in [3.05, 3.63) is 0 Å². The summed E-state index contributed by atoms with van der Waals surface area (Å²) < 4.78 is 5.59. The van der Waals surface area contributed by atoms with Gasteiger partial charge in [0.05, 0.1) is 6.10 Å². The van der Waals surface area contributed by atoms with E-state index in [0.29, 0.717) is 6.10 Å². The first-order chi connectivity index (χ1) is 22.0. The molecule has 1 aliphatic heterocycles. The van der Waals surface area contributed by atoms with Crippen LogP contribution in [0.25, 0.3) is 0 Å². The number of hydrogen-bond donors (Lipinski definition) is 0. The molecule has 3 saturated carbocycles. The zero-order valence-corrected chi connectivity index (χ0v) is 33.5. The Hall–Kier alpha value is -0.160. The first-order valence-corrected chi connectivity index (χ1v) is 20.7. The number of likely N-dealkylation sites (tertiary alicyclic amines) is 1. The molecule has 4 nitrogen and oxygen atoms in total. The van der Waals surface area contributed by atoms with Crippen molar-refractivity contribution in [1.29, 1.82) is 0 Å². The molecule has 0 unspecified atom stereocenters. The van der Waals surface area contributed by atoms with E-state index in [1.807, 2.05) is 0 Å². The topological polar surface area (TPSA) is 19.0 Å². The monoisotopic (exact) mass is 666 g/mol. The molecule has 3 aliphatic carbocycles. The lowest BCUT2D eigenvalue weighted by molar-refractivity contribution is -0.00222. The number of ether oxygens (including phenoxy) is 1. The summed E-state index contributed by atoms with van der Waals surface area (Å²) in [7, 11) is 4.57. The maximum absolute atomic E-state index is 5.59. The molecule has 0 aromatic rings. The summed E-state index contributed by atoms with van der Waals surface area (Å²) in [6.45, 7) is 26.0. The van der Waals surface area contributed by atoms with E-state index in [2.05, 4.69) is 84.2 Å². The molecule has 4 aliphatic rings. The molecular weight excluding hydrogens is 574 g/mol. The van der Waals surface area contributed by atoms with Gasteiger partial charge in [-0.1, -0.05) is 94.9 Å². The van der Waals surface area contributed by atoms with Gasteiger partial charge in [-0.15, -0.1) is 0 Å². The standard InChI is InChI=1S/C12H25N.C11H23N.C10H21N.C9H18O.CH4/c1-11(2)9-10-13(3)12-7-5-4-6-8-12;1-11(2)7-6-10-12-8-4-3-5-9-12;1-9(2)7-8-11(3)10-5-4-6-10;1-8(2)6-7-10-9-4-3-5-9;/h11-12H,4-10H2,1-3H3;11H,3-10H2,1-2H3;9-10H,4-8H2,1-3H3;8-9H,3-7H2,1-2H3;1H4. The lowest BCUT2D eigenvalue weighted by Gasteiger charge is -2.35. The van der Waals surface area contributed by atoms with Crippen LogP contribution in [0.3, 0.4) is 0 Å². The minimum absolute atomic E-state index is 0. The first kappa shape index (κ1) is 46.8. The van der Waals surface area contributed by atoms with Crippen LogP contribution in [-0.4, -0.2) is 86.3 Å². The largest absolute Gasteiger partial charge is 0.378 e. The fourth-order valence-corrected chi connectivity index (χ4v) is 6.55. The molecule has 284 valence electrons. The van der Waals surface area contributed by atoms with Gasteiger partial charge in [-0.3, -0.25) is 0 Å². The lowest BCUT2D eigenvalue weighted by atomic mass is 9.91. The Balaban J connectivity index is 0.000000598. The van der Waals surface area contributed by atoms with Gasteiger partial charge in [-0.2, -0.15) is 0 Å². The molecule has 4 rings (SSSR count). The van der Waals surface area contributed by atoms with Crippen molar-refractivity contribution in [3.63, 3.8) is 0 Å². The SMILES string of the molecule is C.CC(C)CCCN1CCCCC1.CC(C)CCN(C)C1CCC1.CC(C)CCN(C)C1CCCCC1.CC(C)CCOC1CCC1. The normalized spacial score (nSPS) is 19.4. The molecule has 0 bridgehead atoms. The smallest absolute Gasteiger partial charge is 0.0575 e. The van der Waals surface area contributed by atoms with E-state index in [0.717, 1.165) is 42.4 Å². The maximum atomic E-state index is 5.59. The molecule has 0 aromatic heterocycles. The third-order valence-electron chi connectivity index (χ3n) is 10.8. The molecule has 1 saturated heterocycles. The van der Waals surface area contributed by atoms with Crippen LogP contribution >= 0.6 is 0 Å². The van der Waals surface area contributed by atoms with E-state index < -0.39 is 0 Å². The fourth-order valence-electron chi connectivity index (χ4n) is 6.55. The van der Waals surface area contributed by atoms with E-state index in [9.17, 15) is 0 Å². The minimum atomic E-state index is 0. The number of rotatable bonds is 16. The van der Waals surface area contributed by atoms with E-state index in [1.54, 1.807) is 0 Å². The summed E-state index contributed by atoms with van der Waals surface area (Å²) in [5.41, 5.74) is 0. The molecule has 0 amide bonds. The van der Waals surface area contributed by atoms with Gasteiger partial charge in [0.25, 0.3) is 0 Å². The molecule has 47 heavy (non-hydrogen) atoms. The van der Waals surface area contributed by atoms with Crippen molar-refractivity contribution in [2.45, 2.75) is 203 Å². The van der Waals surface area contributed by atoms with Crippen LogP contribution in [0.15, 0.2) is 0 Å². The van der Waals surface area contributed by atoms with Crippen LogP contribution in [0.1, 0.15) is 185 Å². The van der Waals surface area contributed by atoms with Gasteiger partial charge >= 0.3 is 0 Å². The Kier molecular flexibility index (Phi) is 29.5. The molecule has 0 aromatic carbocycles. The Bertz CT molecular complexity index is 645. The average molecular weight is 666 g/mol. The van der Waals surface area contributed by atoms with Crippen molar-refractivity contribution in [2.24, 2.45) is 23.7 Å². The average Bonchev–Trinajstić information content (AvgIpc) is 2.97.